The summed E-state index contributed by atoms with van der Waals surface area (Å²) >= 11 is 1.31. The summed E-state index contributed by atoms with van der Waals surface area (Å²) < 4.78 is 4.25. The fourth-order valence-electron chi connectivity index (χ4n) is 1.78. The second-order valence-electron chi connectivity index (χ2n) is 5.02. The summed E-state index contributed by atoms with van der Waals surface area (Å²) in [6.45, 7) is 3.39. The standard InChI is InChI=1S/C16H17NO3S/c1-16(2,15(18)19)21-14-8-9-17-10-13(14)11-4-6-12(20-3)7-5-11/h4-10H,1-3H3,(H,18,19). The molecule has 0 radical (unpaired) electrons. The molecule has 5 heteroatoms. The molecule has 0 aliphatic carbocycles. The van der Waals surface area contributed by atoms with E-state index in [1.165, 1.54) is 11.8 Å². The average molecular weight is 303 g/mol. The summed E-state index contributed by atoms with van der Waals surface area (Å²) in [5.41, 5.74) is 1.90. The normalized spacial score (nSPS) is 11.2. The highest BCUT2D eigenvalue weighted by Gasteiger charge is 2.29. The van der Waals surface area contributed by atoms with Gasteiger partial charge in [-0.3, -0.25) is 9.78 Å². The van der Waals surface area contributed by atoms with Crippen LogP contribution in [0.15, 0.2) is 47.6 Å². The van der Waals surface area contributed by atoms with Crippen molar-refractivity contribution in [1.29, 1.82) is 0 Å². The van der Waals surface area contributed by atoms with Crippen LogP contribution in [0, 0.1) is 0 Å². The Morgan fingerprint density at radius 1 is 1.24 bits per heavy atom. The van der Waals surface area contributed by atoms with Crippen molar-refractivity contribution in [3.63, 3.8) is 0 Å². The van der Waals surface area contributed by atoms with Gasteiger partial charge in [0.1, 0.15) is 10.5 Å². The number of carboxylic acid groups (broad SMARTS) is 1. The lowest BCUT2D eigenvalue weighted by Crippen LogP contribution is -2.27. The molecular weight excluding hydrogens is 286 g/mol. The summed E-state index contributed by atoms with van der Waals surface area (Å²) in [6, 6.07) is 9.47. The van der Waals surface area contributed by atoms with E-state index in [1.54, 1.807) is 33.4 Å². The van der Waals surface area contributed by atoms with E-state index in [0.717, 1.165) is 21.8 Å². The van der Waals surface area contributed by atoms with E-state index in [0.29, 0.717) is 0 Å². The Labute approximate surface area is 128 Å². The van der Waals surface area contributed by atoms with E-state index in [1.807, 2.05) is 30.3 Å². The molecule has 0 spiro atoms. The van der Waals surface area contributed by atoms with E-state index in [-0.39, 0.29) is 0 Å². The minimum absolute atomic E-state index is 0.780. The molecule has 0 unspecified atom stereocenters. The van der Waals surface area contributed by atoms with Crippen molar-refractivity contribution >= 4 is 17.7 Å². The first-order valence-electron chi connectivity index (χ1n) is 6.45. The summed E-state index contributed by atoms with van der Waals surface area (Å²) in [4.78, 5) is 16.3. The third kappa shape index (κ3) is 3.55. The highest BCUT2D eigenvalue weighted by Crippen LogP contribution is 2.38. The Hall–Kier alpha value is -2.01. The third-order valence-electron chi connectivity index (χ3n) is 3.06. The number of carboxylic acids is 1. The van der Waals surface area contributed by atoms with Gasteiger partial charge in [-0.1, -0.05) is 12.1 Å². The minimum Gasteiger partial charge on any atom is -0.497 e. The molecule has 21 heavy (non-hydrogen) atoms. The van der Waals surface area contributed by atoms with Crippen molar-refractivity contribution in [3.05, 3.63) is 42.7 Å². The van der Waals surface area contributed by atoms with Crippen LogP contribution in [0.2, 0.25) is 0 Å². The van der Waals surface area contributed by atoms with Crippen LogP contribution in [-0.2, 0) is 4.79 Å². The van der Waals surface area contributed by atoms with Crippen molar-refractivity contribution in [3.8, 4) is 16.9 Å². The van der Waals surface area contributed by atoms with Crippen molar-refractivity contribution in [1.82, 2.24) is 4.98 Å². The maximum Gasteiger partial charge on any atom is 0.319 e. The molecule has 0 amide bonds. The van der Waals surface area contributed by atoms with Gasteiger partial charge in [0.15, 0.2) is 0 Å². The van der Waals surface area contributed by atoms with Crippen LogP contribution in [0.1, 0.15) is 13.8 Å². The van der Waals surface area contributed by atoms with Crippen molar-refractivity contribution in [2.45, 2.75) is 23.5 Å². The lowest BCUT2D eigenvalue weighted by Gasteiger charge is -2.20. The smallest absolute Gasteiger partial charge is 0.319 e. The van der Waals surface area contributed by atoms with Crippen molar-refractivity contribution < 1.29 is 14.6 Å². The number of methoxy groups -OCH3 is 1. The molecule has 0 fully saturated rings. The van der Waals surface area contributed by atoms with Crippen LogP contribution in [-0.4, -0.2) is 27.9 Å². The topological polar surface area (TPSA) is 59.4 Å². The monoisotopic (exact) mass is 303 g/mol. The summed E-state index contributed by atoms with van der Waals surface area (Å²) in [6.07, 6.45) is 3.43. The number of aliphatic carboxylic acids is 1. The Morgan fingerprint density at radius 2 is 1.90 bits per heavy atom. The lowest BCUT2D eigenvalue weighted by molar-refractivity contribution is -0.138. The number of hydrogen-bond acceptors (Lipinski definition) is 4. The van der Waals surface area contributed by atoms with E-state index in [4.69, 9.17) is 4.74 Å². The van der Waals surface area contributed by atoms with Gasteiger partial charge in [-0.05, 0) is 37.6 Å². The molecule has 1 aromatic carbocycles. The molecule has 0 aliphatic rings. The predicted molar refractivity (Wildman–Crippen MR) is 83.8 cm³/mol. The van der Waals surface area contributed by atoms with Crippen LogP contribution in [0.3, 0.4) is 0 Å². The first-order chi connectivity index (χ1) is 9.94. The van der Waals surface area contributed by atoms with E-state index >= 15 is 0 Å². The number of pyridine rings is 1. The lowest BCUT2D eigenvalue weighted by atomic mass is 10.1. The third-order valence-corrected chi connectivity index (χ3v) is 4.32. The molecule has 1 heterocycles. The van der Waals surface area contributed by atoms with Gasteiger partial charge < -0.3 is 9.84 Å². The zero-order chi connectivity index (χ0) is 15.5. The fraction of sp³-hybridized carbons (Fsp3) is 0.250. The molecule has 1 aromatic heterocycles. The van der Waals surface area contributed by atoms with E-state index in [9.17, 15) is 9.90 Å². The van der Waals surface area contributed by atoms with Gasteiger partial charge in [0.2, 0.25) is 0 Å². The predicted octanol–water partition coefficient (Wildman–Crippen LogP) is 3.71. The molecule has 0 saturated heterocycles. The second kappa shape index (κ2) is 6.18. The van der Waals surface area contributed by atoms with Gasteiger partial charge in [0.05, 0.1) is 7.11 Å². The van der Waals surface area contributed by atoms with E-state index < -0.39 is 10.7 Å². The van der Waals surface area contributed by atoms with Crippen LogP contribution in [0.5, 0.6) is 5.75 Å². The van der Waals surface area contributed by atoms with E-state index in [2.05, 4.69) is 4.98 Å². The Morgan fingerprint density at radius 3 is 2.48 bits per heavy atom. The number of benzene rings is 1. The maximum absolute atomic E-state index is 11.3. The molecular formula is C16H17NO3S. The molecule has 0 saturated carbocycles. The molecule has 1 N–H and O–H groups in total. The Balaban J connectivity index is 2.38. The maximum atomic E-state index is 11.3. The molecule has 110 valence electrons. The number of nitrogens with zero attached hydrogens (tertiary/aromatic N) is 1. The average Bonchev–Trinajstić information content (AvgIpc) is 2.47. The zero-order valence-electron chi connectivity index (χ0n) is 12.2. The first-order valence-corrected chi connectivity index (χ1v) is 7.26. The van der Waals surface area contributed by atoms with Gasteiger partial charge in [-0.15, -0.1) is 11.8 Å². The quantitative estimate of drug-likeness (QED) is 0.853. The van der Waals surface area contributed by atoms with Gasteiger partial charge in [-0.2, -0.15) is 0 Å². The van der Waals surface area contributed by atoms with Crippen LogP contribution in [0.4, 0.5) is 0 Å². The number of hydrogen-bond donors (Lipinski definition) is 1. The zero-order valence-corrected chi connectivity index (χ0v) is 13.0. The minimum atomic E-state index is -0.900. The molecule has 0 aliphatic heterocycles. The SMILES string of the molecule is COc1ccc(-c2cnccc2SC(C)(C)C(=O)O)cc1. The number of thioether (sulfide) groups is 1. The Bertz CT molecular complexity index is 638. The van der Waals surface area contributed by atoms with Crippen LogP contribution in [0.25, 0.3) is 11.1 Å². The van der Waals surface area contributed by atoms with Gasteiger partial charge in [0.25, 0.3) is 0 Å². The molecule has 2 aromatic rings. The number of carbonyl (C=O) groups is 1. The number of aromatic nitrogens is 1. The van der Waals surface area contributed by atoms with Gasteiger partial charge in [0, 0.05) is 22.9 Å². The number of rotatable bonds is 5. The summed E-state index contributed by atoms with van der Waals surface area (Å²) in [7, 11) is 1.62. The number of ether oxygens (including phenoxy) is 1. The summed E-state index contributed by atoms with van der Waals surface area (Å²) in [5.74, 6) is -0.0623. The molecule has 0 bridgehead atoms. The van der Waals surface area contributed by atoms with Crippen LogP contribution < -0.4 is 4.74 Å². The first kappa shape index (κ1) is 15.4. The fourth-order valence-corrected chi connectivity index (χ4v) is 2.82. The Kier molecular flexibility index (Phi) is 4.53. The molecule has 2 rings (SSSR count). The highest BCUT2D eigenvalue weighted by molar-refractivity contribution is 8.01. The summed E-state index contributed by atoms with van der Waals surface area (Å²) in [5, 5.41) is 9.28. The van der Waals surface area contributed by atoms with Crippen molar-refractivity contribution in [2.75, 3.05) is 7.11 Å². The second-order valence-corrected chi connectivity index (χ2v) is 6.68. The molecule has 4 nitrogen and oxygen atoms in total. The van der Waals surface area contributed by atoms with Crippen LogP contribution >= 0.6 is 11.8 Å². The largest absolute Gasteiger partial charge is 0.497 e. The highest BCUT2D eigenvalue weighted by atomic mass is 32.2. The van der Waals surface area contributed by atoms with Crippen molar-refractivity contribution in [2.24, 2.45) is 0 Å². The molecule has 0 atom stereocenters. The van der Waals surface area contributed by atoms with Gasteiger partial charge in [-0.25, -0.2) is 0 Å². The van der Waals surface area contributed by atoms with Gasteiger partial charge >= 0.3 is 5.97 Å².